The third kappa shape index (κ3) is 1.35. The minimum atomic E-state index is 0.671. The Morgan fingerprint density at radius 3 is 2.81 bits per heavy atom. The predicted octanol–water partition coefficient (Wildman–Crippen LogP) is 2.67. The summed E-state index contributed by atoms with van der Waals surface area (Å²) in [7, 11) is 0. The van der Waals surface area contributed by atoms with Crippen molar-refractivity contribution >= 4 is 22.6 Å². The average Bonchev–Trinajstić information content (AvgIpc) is 2.75. The first kappa shape index (κ1) is 9.30. The molecule has 1 N–H and O–H groups in total. The van der Waals surface area contributed by atoms with Crippen LogP contribution in [0.5, 0.6) is 0 Å². The molecule has 0 unspecified atom stereocenters. The summed E-state index contributed by atoms with van der Waals surface area (Å²) in [4.78, 5) is 15.3. The lowest BCUT2D eigenvalue weighted by molar-refractivity contribution is 1.17. The first-order valence-electron chi connectivity index (χ1n) is 4.73. The Morgan fingerprint density at radius 2 is 2.00 bits per heavy atom. The molecule has 0 aliphatic rings. The highest BCUT2D eigenvalue weighted by Crippen LogP contribution is 2.31. The number of rotatable bonds is 1. The van der Waals surface area contributed by atoms with Gasteiger partial charge in [0.05, 0.1) is 5.02 Å². The lowest BCUT2D eigenvalue weighted by atomic mass is 10.1. The molecule has 78 valence electrons. The highest BCUT2D eigenvalue weighted by Gasteiger charge is 2.10. The number of hydrogen-bond acceptors (Lipinski definition) is 3. The number of halogens is 1. The summed E-state index contributed by atoms with van der Waals surface area (Å²) in [5.41, 5.74) is 2.66. The Labute approximate surface area is 96.3 Å². The number of H-pyrrole nitrogens is 1. The van der Waals surface area contributed by atoms with E-state index in [0.717, 1.165) is 22.2 Å². The normalized spacial score (nSPS) is 10.8. The van der Waals surface area contributed by atoms with Crippen LogP contribution in [-0.4, -0.2) is 19.9 Å². The van der Waals surface area contributed by atoms with Gasteiger partial charge in [-0.05, 0) is 6.07 Å². The molecular weight excluding hydrogens is 224 g/mol. The average molecular weight is 231 g/mol. The molecule has 3 heterocycles. The van der Waals surface area contributed by atoms with Crippen LogP contribution in [0.4, 0.5) is 0 Å². The summed E-state index contributed by atoms with van der Waals surface area (Å²) in [5.74, 6) is 0. The second-order valence-corrected chi connectivity index (χ2v) is 3.75. The largest absolute Gasteiger partial charge is 0.345 e. The van der Waals surface area contributed by atoms with Crippen molar-refractivity contribution in [3.63, 3.8) is 0 Å². The SMILES string of the molecule is Clc1ccnc2[nH]cc(-c3cncnc3)c12. The van der Waals surface area contributed by atoms with Gasteiger partial charge in [-0.25, -0.2) is 15.0 Å². The molecule has 5 heteroatoms. The molecule has 0 saturated heterocycles. The molecule has 0 aliphatic carbocycles. The van der Waals surface area contributed by atoms with Gasteiger partial charge in [-0.1, -0.05) is 11.6 Å². The van der Waals surface area contributed by atoms with Gasteiger partial charge in [-0.15, -0.1) is 0 Å². The third-order valence-electron chi connectivity index (χ3n) is 2.39. The molecule has 0 aliphatic heterocycles. The summed E-state index contributed by atoms with van der Waals surface area (Å²) in [6, 6.07) is 1.77. The van der Waals surface area contributed by atoms with Gasteiger partial charge in [-0.3, -0.25) is 0 Å². The van der Waals surface area contributed by atoms with Crippen molar-refractivity contribution in [3.05, 3.63) is 42.2 Å². The second-order valence-electron chi connectivity index (χ2n) is 3.35. The third-order valence-corrected chi connectivity index (χ3v) is 2.71. The summed E-state index contributed by atoms with van der Waals surface area (Å²) < 4.78 is 0. The number of nitrogens with zero attached hydrogens (tertiary/aromatic N) is 3. The molecule has 0 bridgehead atoms. The van der Waals surface area contributed by atoms with E-state index in [0.29, 0.717) is 5.02 Å². The molecule has 4 nitrogen and oxygen atoms in total. The molecule has 0 saturated carbocycles. The van der Waals surface area contributed by atoms with Gasteiger partial charge >= 0.3 is 0 Å². The smallest absolute Gasteiger partial charge is 0.139 e. The maximum atomic E-state index is 6.15. The van der Waals surface area contributed by atoms with Crippen molar-refractivity contribution < 1.29 is 0 Å². The first-order valence-corrected chi connectivity index (χ1v) is 5.11. The van der Waals surface area contributed by atoms with Crippen LogP contribution in [0.3, 0.4) is 0 Å². The fourth-order valence-electron chi connectivity index (χ4n) is 1.68. The zero-order valence-corrected chi connectivity index (χ0v) is 8.94. The van der Waals surface area contributed by atoms with E-state index in [1.54, 1.807) is 24.7 Å². The highest BCUT2D eigenvalue weighted by molar-refractivity contribution is 6.36. The van der Waals surface area contributed by atoms with E-state index in [4.69, 9.17) is 11.6 Å². The number of pyridine rings is 1. The predicted molar refractivity (Wildman–Crippen MR) is 62.1 cm³/mol. The molecule has 0 fully saturated rings. The number of hydrogen-bond donors (Lipinski definition) is 1. The van der Waals surface area contributed by atoms with Gasteiger partial charge in [-0.2, -0.15) is 0 Å². The molecule has 0 radical (unpaired) electrons. The van der Waals surface area contributed by atoms with E-state index in [1.165, 1.54) is 6.33 Å². The van der Waals surface area contributed by atoms with Gasteiger partial charge in [0, 0.05) is 41.3 Å². The van der Waals surface area contributed by atoms with Crippen LogP contribution < -0.4 is 0 Å². The molecular formula is C11H7ClN4. The molecule has 0 spiro atoms. The van der Waals surface area contributed by atoms with Gasteiger partial charge in [0.25, 0.3) is 0 Å². The van der Waals surface area contributed by atoms with Crippen LogP contribution in [0.1, 0.15) is 0 Å². The van der Waals surface area contributed by atoms with Crippen molar-refractivity contribution in [2.45, 2.75) is 0 Å². The van der Waals surface area contributed by atoms with E-state index in [1.807, 2.05) is 6.20 Å². The lowest BCUT2D eigenvalue weighted by Crippen LogP contribution is -1.81. The van der Waals surface area contributed by atoms with Crippen molar-refractivity contribution in [1.82, 2.24) is 19.9 Å². The minimum Gasteiger partial charge on any atom is -0.345 e. The van der Waals surface area contributed by atoms with E-state index in [2.05, 4.69) is 19.9 Å². The Bertz CT molecular complexity index is 633. The number of nitrogens with one attached hydrogen (secondary N) is 1. The van der Waals surface area contributed by atoms with Gasteiger partial charge in [0.1, 0.15) is 12.0 Å². The Morgan fingerprint density at radius 1 is 1.19 bits per heavy atom. The van der Waals surface area contributed by atoms with Crippen molar-refractivity contribution in [3.8, 4) is 11.1 Å². The van der Waals surface area contributed by atoms with Gasteiger partial charge in [0.15, 0.2) is 0 Å². The molecule has 3 aromatic rings. The molecule has 0 amide bonds. The first-order chi connectivity index (χ1) is 7.86. The van der Waals surface area contributed by atoms with E-state index < -0.39 is 0 Å². The van der Waals surface area contributed by atoms with E-state index in [-0.39, 0.29) is 0 Å². The zero-order valence-electron chi connectivity index (χ0n) is 8.18. The summed E-state index contributed by atoms with van der Waals surface area (Å²) >= 11 is 6.15. The Hall–Kier alpha value is -1.94. The fourth-order valence-corrected chi connectivity index (χ4v) is 1.93. The quantitative estimate of drug-likeness (QED) is 0.699. The summed E-state index contributed by atoms with van der Waals surface area (Å²) in [5, 5.41) is 1.57. The molecule has 16 heavy (non-hydrogen) atoms. The number of aromatic amines is 1. The van der Waals surface area contributed by atoms with Gasteiger partial charge < -0.3 is 4.98 Å². The molecule has 0 aromatic carbocycles. The summed E-state index contributed by atoms with van der Waals surface area (Å²) in [6.45, 7) is 0. The number of fused-ring (bicyclic) bond motifs is 1. The van der Waals surface area contributed by atoms with Crippen LogP contribution in [0.2, 0.25) is 5.02 Å². The molecule has 0 atom stereocenters. The highest BCUT2D eigenvalue weighted by atomic mass is 35.5. The fraction of sp³-hybridized carbons (Fsp3) is 0. The van der Waals surface area contributed by atoms with Crippen LogP contribution in [0.15, 0.2) is 37.2 Å². The van der Waals surface area contributed by atoms with E-state index in [9.17, 15) is 0 Å². The van der Waals surface area contributed by atoms with Crippen molar-refractivity contribution in [2.24, 2.45) is 0 Å². The van der Waals surface area contributed by atoms with Crippen LogP contribution in [0, 0.1) is 0 Å². The molecule has 3 aromatic heterocycles. The second kappa shape index (κ2) is 3.57. The Balaban J connectivity index is 2.33. The standard InChI is InChI=1S/C11H7ClN4/c12-9-1-2-15-11-10(9)8(5-16-11)7-3-13-6-14-4-7/h1-6H,(H,15,16). The van der Waals surface area contributed by atoms with E-state index >= 15 is 0 Å². The minimum absolute atomic E-state index is 0.671. The topological polar surface area (TPSA) is 54.5 Å². The molecule has 3 rings (SSSR count). The summed E-state index contributed by atoms with van der Waals surface area (Å²) in [6.07, 6.45) is 8.53. The number of aromatic nitrogens is 4. The lowest BCUT2D eigenvalue weighted by Gasteiger charge is -1.98. The van der Waals surface area contributed by atoms with Crippen molar-refractivity contribution in [1.29, 1.82) is 0 Å². The maximum absolute atomic E-state index is 6.15. The van der Waals surface area contributed by atoms with Crippen LogP contribution in [-0.2, 0) is 0 Å². The monoisotopic (exact) mass is 230 g/mol. The van der Waals surface area contributed by atoms with Crippen molar-refractivity contribution in [2.75, 3.05) is 0 Å². The zero-order chi connectivity index (χ0) is 11.0. The maximum Gasteiger partial charge on any atom is 0.139 e. The van der Waals surface area contributed by atoms with Gasteiger partial charge in [0.2, 0.25) is 0 Å². The van der Waals surface area contributed by atoms with Crippen LogP contribution >= 0.6 is 11.6 Å². The Kier molecular flexibility index (Phi) is 2.08. The van der Waals surface area contributed by atoms with Crippen LogP contribution in [0.25, 0.3) is 22.2 Å².